The van der Waals surface area contributed by atoms with E-state index in [1.165, 1.54) is 6.07 Å². The highest BCUT2D eigenvalue weighted by atomic mass is 32.1. The van der Waals surface area contributed by atoms with Gasteiger partial charge in [-0.25, -0.2) is 4.39 Å². The van der Waals surface area contributed by atoms with Gasteiger partial charge in [-0.3, -0.25) is 14.4 Å². The summed E-state index contributed by atoms with van der Waals surface area (Å²) in [6, 6.07) is 8.09. The molecule has 160 valence electrons. The Morgan fingerprint density at radius 1 is 1.33 bits per heavy atom. The Labute approximate surface area is 182 Å². The molecule has 2 unspecified atom stereocenters. The molecule has 1 saturated carbocycles. The van der Waals surface area contributed by atoms with Crippen molar-refractivity contribution < 1.29 is 13.9 Å². The van der Waals surface area contributed by atoms with Crippen molar-refractivity contribution in [3.8, 4) is 0 Å². The summed E-state index contributed by atoms with van der Waals surface area (Å²) in [6.07, 6.45) is 6.61. The Balaban J connectivity index is 1.58. The summed E-state index contributed by atoms with van der Waals surface area (Å²) in [5.74, 6) is -0.111. The number of ketones is 1. The van der Waals surface area contributed by atoms with Crippen LogP contribution in [0.25, 0.3) is 6.08 Å². The molecule has 30 heavy (non-hydrogen) atoms. The highest BCUT2D eigenvalue weighted by molar-refractivity contribution is 7.81. The molecule has 0 radical (unpaired) electrons. The molecule has 0 amide bonds. The molecule has 2 aromatic rings. The Kier molecular flexibility index (Phi) is 6.71. The van der Waals surface area contributed by atoms with E-state index < -0.39 is 6.04 Å². The van der Waals surface area contributed by atoms with E-state index in [4.69, 9.17) is 17.4 Å². The van der Waals surface area contributed by atoms with Gasteiger partial charge in [-0.2, -0.15) is 17.7 Å². The van der Waals surface area contributed by atoms with Gasteiger partial charge in [0.05, 0.1) is 24.9 Å². The predicted molar refractivity (Wildman–Crippen MR) is 118 cm³/mol. The fraction of sp³-hybridized carbons (Fsp3) is 0.478. The number of carbonyl (C=O) groups excluding carboxylic acids is 1. The van der Waals surface area contributed by atoms with E-state index in [0.717, 1.165) is 30.5 Å². The van der Waals surface area contributed by atoms with E-state index in [1.54, 1.807) is 25.3 Å². The van der Waals surface area contributed by atoms with Gasteiger partial charge in [0, 0.05) is 43.1 Å². The van der Waals surface area contributed by atoms with Gasteiger partial charge in [-0.15, -0.1) is 0 Å². The molecule has 0 bridgehead atoms. The van der Waals surface area contributed by atoms with Crippen molar-refractivity contribution >= 4 is 24.5 Å². The fourth-order valence-electron chi connectivity index (χ4n) is 4.03. The smallest absolute Gasteiger partial charge is 0.157 e. The van der Waals surface area contributed by atoms with Gasteiger partial charge in [-0.1, -0.05) is 18.2 Å². The molecule has 4 rings (SSSR count). The molecule has 2 fully saturated rings. The van der Waals surface area contributed by atoms with Crippen molar-refractivity contribution in [3.63, 3.8) is 0 Å². The summed E-state index contributed by atoms with van der Waals surface area (Å²) in [6.45, 7) is 2.59. The number of nitrogens with zero attached hydrogens (tertiary/aromatic N) is 3. The zero-order valence-corrected chi connectivity index (χ0v) is 18.1. The Bertz CT molecular complexity index is 925. The number of benzene rings is 1. The SMILES string of the molecule is COCCn1ccc(/C=C2/CN(C(C(=O)C3CC3)c3ccccc3F)CCC2S)n1. The third kappa shape index (κ3) is 4.85. The molecule has 1 aliphatic carbocycles. The monoisotopic (exact) mass is 429 g/mol. The number of rotatable bonds is 8. The van der Waals surface area contributed by atoms with Crippen LogP contribution in [0.3, 0.4) is 0 Å². The van der Waals surface area contributed by atoms with E-state index >= 15 is 0 Å². The normalized spacial score (nSPS) is 22.4. The molecule has 2 aliphatic rings. The lowest BCUT2D eigenvalue weighted by molar-refractivity contribution is -0.126. The number of Topliss-reactive ketones (excluding diaryl/α,β-unsaturated/α-hetero) is 1. The second kappa shape index (κ2) is 9.45. The zero-order valence-electron chi connectivity index (χ0n) is 17.2. The van der Waals surface area contributed by atoms with Crippen LogP contribution in [-0.4, -0.2) is 52.5 Å². The molecule has 1 aromatic carbocycles. The van der Waals surface area contributed by atoms with E-state index in [2.05, 4.69) is 10.00 Å². The zero-order chi connectivity index (χ0) is 21.1. The lowest BCUT2D eigenvalue weighted by Crippen LogP contribution is -2.42. The maximum atomic E-state index is 14.6. The number of likely N-dealkylation sites (tertiary alicyclic amines) is 1. The van der Waals surface area contributed by atoms with Crippen molar-refractivity contribution in [3.05, 3.63) is 59.2 Å². The molecule has 2 atom stereocenters. The maximum Gasteiger partial charge on any atom is 0.157 e. The second-order valence-corrected chi connectivity index (χ2v) is 8.71. The van der Waals surface area contributed by atoms with E-state index in [1.807, 2.05) is 23.0 Å². The van der Waals surface area contributed by atoms with Gasteiger partial charge < -0.3 is 4.74 Å². The van der Waals surface area contributed by atoms with Crippen molar-refractivity contribution in [2.45, 2.75) is 37.1 Å². The van der Waals surface area contributed by atoms with Crippen LogP contribution in [0.2, 0.25) is 0 Å². The average Bonchev–Trinajstić information content (AvgIpc) is 3.50. The van der Waals surface area contributed by atoms with E-state index in [0.29, 0.717) is 31.8 Å². The van der Waals surface area contributed by atoms with Crippen LogP contribution in [0, 0.1) is 11.7 Å². The number of halogens is 1. The number of methoxy groups -OCH3 is 1. The summed E-state index contributed by atoms with van der Waals surface area (Å²) in [7, 11) is 1.67. The van der Waals surface area contributed by atoms with Crippen LogP contribution >= 0.6 is 12.6 Å². The number of piperidine rings is 1. The van der Waals surface area contributed by atoms with Gasteiger partial charge in [-0.05, 0) is 43.0 Å². The lowest BCUT2D eigenvalue weighted by Gasteiger charge is -2.37. The minimum absolute atomic E-state index is 0.0623. The number of thiol groups is 1. The van der Waals surface area contributed by atoms with E-state index in [-0.39, 0.29) is 22.8 Å². The maximum absolute atomic E-state index is 14.6. The Hall–Kier alpha value is -1.96. The molecule has 1 aliphatic heterocycles. The first-order valence-corrected chi connectivity index (χ1v) is 11.0. The first-order chi connectivity index (χ1) is 14.6. The number of carbonyl (C=O) groups is 1. The summed E-state index contributed by atoms with van der Waals surface area (Å²) < 4.78 is 21.6. The highest BCUT2D eigenvalue weighted by Crippen LogP contribution is 2.39. The first kappa shape index (κ1) is 21.3. The van der Waals surface area contributed by atoms with Crippen LogP contribution in [0.5, 0.6) is 0 Å². The van der Waals surface area contributed by atoms with Crippen molar-refractivity contribution in [1.29, 1.82) is 0 Å². The fourth-order valence-corrected chi connectivity index (χ4v) is 4.30. The van der Waals surface area contributed by atoms with Crippen LogP contribution in [0.15, 0.2) is 42.1 Å². The predicted octanol–water partition coefficient (Wildman–Crippen LogP) is 3.78. The summed E-state index contributed by atoms with van der Waals surface area (Å²) >= 11 is 4.76. The largest absolute Gasteiger partial charge is 0.383 e. The molecular weight excluding hydrogens is 401 g/mol. The molecule has 0 spiro atoms. The topological polar surface area (TPSA) is 47.4 Å². The molecule has 7 heteroatoms. The van der Waals surface area contributed by atoms with Crippen molar-refractivity contribution in [2.75, 3.05) is 26.8 Å². The molecule has 5 nitrogen and oxygen atoms in total. The van der Waals surface area contributed by atoms with Crippen LogP contribution in [0.1, 0.15) is 36.6 Å². The molecule has 0 N–H and O–H groups in total. The molecule has 2 heterocycles. The third-order valence-corrected chi connectivity index (χ3v) is 6.43. The summed E-state index contributed by atoms with van der Waals surface area (Å²) in [4.78, 5) is 15.2. The van der Waals surface area contributed by atoms with Gasteiger partial charge in [0.25, 0.3) is 0 Å². The third-order valence-electron chi connectivity index (χ3n) is 5.84. The minimum Gasteiger partial charge on any atom is -0.383 e. The first-order valence-electron chi connectivity index (χ1n) is 10.5. The molecule has 1 saturated heterocycles. The molecular formula is C23H28FN3O2S. The van der Waals surface area contributed by atoms with Crippen LogP contribution in [-0.2, 0) is 16.1 Å². The lowest BCUT2D eigenvalue weighted by atomic mass is 9.93. The second-order valence-electron chi connectivity index (χ2n) is 8.09. The number of ether oxygens (including phenoxy) is 1. The summed E-state index contributed by atoms with van der Waals surface area (Å²) in [5, 5.41) is 4.67. The molecule has 1 aromatic heterocycles. The van der Waals surface area contributed by atoms with Gasteiger partial charge >= 0.3 is 0 Å². The van der Waals surface area contributed by atoms with Crippen molar-refractivity contribution in [1.82, 2.24) is 14.7 Å². The van der Waals surface area contributed by atoms with Crippen molar-refractivity contribution in [2.24, 2.45) is 5.92 Å². The van der Waals surface area contributed by atoms with Gasteiger partial charge in [0.15, 0.2) is 5.78 Å². The standard InChI is InChI=1S/C23H28FN3O2S/c1-29-13-12-27-11-8-18(25-27)14-17-15-26(10-9-21(17)30)22(23(28)16-6-7-16)19-4-2-3-5-20(19)24/h2-5,8,11,14,16,21-22,30H,6-7,9-10,12-13,15H2,1H3/b17-14-. The summed E-state index contributed by atoms with van der Waals surface area (Å²) in [5.41, 5.74) is 2.44. The highest BCUT2D eigenvalue weighted by Gasteiger charge is 2.40. The quantitative estimate of drug-likeness (QED) is 0.649. The van der Waals surface area contributed by atoms with E-state index in [9.17, 15) is 9.18 Å². The van der Waals surface area contributed by atoms with Crippen LogP contribution in [0.4, 0.5) is 4.39 Å². The number of aromatic nitrogens is 2. The Morgan fingerprint density at radius 2 is 2.13 bits per heavy atom. The minimum atomic E-state index is -0.540. The van der Waals surface area contributed by atoms with Gasteiger partial charge in [0.1, 0.15) is 5.82 Å². The van der Waals surface area contributed by atoms with Crippen LogP contribution < -0.4 is 0 Å². The number of hydrogen-bond acceptors (Lipinski definition) is 5. The Morgan fingerprint density at radius 3 is 2.87 bits per heavy atom. The average molecular weight is 430 g/mol. The number of hydrogen-bond donors (Lipinski definition) is 1. The van der Waals surface area contributed by atoms with Gasteiger partial charge in [0.2, 0.25) is 0 Å².